The van der Waals surface area contributed by atoms with Crippen LogP contribution in [0.5, 0.6) is 5.75 Å². The second-order valence-corrected chi connectivity index (χ2v) is 10.0. The average Bonchev–Trinajstić information content (AvgIpc) is 2.59. The molecule has 0 spiro atoms. The lowest BCUT2D eigenvalue weighted by atomic mass is 10.1. The Labute approximate surface area is 166 Å². The van der Waals surface area contributed by atoms with E-state index in [2.05, 4.69) is 5.32 Å². The van der Waals surface area contributed by atoms with Gasteiger partial charge in [-0.1, -0.05) is 23.8 Å². The van der Waals surface area contributed by atoms with Crippen LogP contribution in [0.15, 0.2) is 47.4 Å². The standard InChI is InChI=1S/C21H26N2O4S/c1-14-6-9-16(10-7-14)28(25,26)23-13-19(20(24)22-21(3,4)5)27-18-12-15(2)8-11-17(18)23/h6-12,19H,13H2,1-5H3,(H,22,24). The number of amides is 1. The van der Waals surface area contributed by atoms with Crippen LogP contribution < -0.4 is 14.4 Å². The van der Waals surface area contributed by atoms with Crippen molar-refractivity contribution in [2.24, 2.45) is 0 Å². The van der Waals surface area contributed by atoms with Gasteiger partial charge in [0.15, 0.2) is 6.10 Å². The van der Waals surface area contributed by atoms with E-state index < -0.39 is 21.7 Å². The molecule has 1 atom stereocenters. The molecule has 2 aromatic rings. The summed E-state index contributed by atoms with van der Waals surface area (Å²) in [5.41, 5.74) is 1.88. The predicted molar refractivity (Wildman–Crippen MR) is 109 cm³/mol. The average molecular weight is 403 g/mol. The highest BCUT2D eigenvalue weighted by Gasteiger charge is 2.38. The summed E-state index contributed by atoms with van der Waals surface area (Å²) in [5, 5.41) is 2.87. The maximum absolute atomic E-state index is 13.3. The van der Waals surface area contributed by atoms with Crippen molar-refractivity contribution < 1.29 is 17.9 Å². The summed E-state index contributed by atoms with van der Waals surface area (Å²) in [4.78, 5) is 12.9. The topological polar surface area (TPSA) is 75.7 Å². The van der Waals surface area contributed by atoms with Crippen molar-refractivity contribution in [3.8, 4) is 5.75 Å². The number of hydrogen-bond acceptors (Lipinski definition) is 4. The third-order valence-electron chi connectivity index (χ3n) is 4.38. The first-order chi connectivity index (χ1) is 13.0. The van der Waals surface area contributed by atoms with Crippen LogP contribution in [-0.4, -0.2) is 32.5 Å². The molecule has 28 heavy (non-hydrogen) atoms. The summed E-state index contributed by atoms with van der Waals surface area (Å²) < 4.78 is 33.8. The van der Waals surface area contributed by atoms with Gasteiger partial charge in [0.1, 0.15) is 5.75 Å². The summed E-state index contributed by atoms with van der Waals surface area (Å²) in [5.74, 6) is 0.0414. The molecule has 2 aromatic carbocycles. The lowest BCUT2D eigenvalue weighted by Gasteiger charge is -2.36. The molecule has 1 heterocycles. The molecule has 0 aliphatic carbocycles. The number of anilines is 1. The largest absolute Gasteiger partial charge is 0.476 e. The number of aryl methyl sites for hydroxylation is 2. The molecule has 1 N–H and O–H groups in total. The first-order valence-corrected chi connectivity index (χ1v) is 10.6. The van der Waals surface area contributed by atoms with Gasteiger partial charge < -0.3 is 10.1 Å². The number of benzene rings is 2. The van der Waals surface area contributed by atoms with E-state index in [-0.39, 0.29) is 17.3 Å². The third kappa shape index (κ3) is 4.14. The fourth-order valence-electron chi connectivity index (χ4n) is 3.01. The zero-order valence-corrected chi connectivity index (χ0v) is 17.6. The molecule has 3 rings (SSSR count). The summed E-state index contributed by atoms with van der Waals surface area (Å²) in [6.07, 6.45) is -0.936. The van der Waals surface area contributed by atoms with Crippen LogP contribution >= 0.6 is 0 Å². The van der Waals surface area contributed by atoms with E-state index in [1.54, 1.807) is 36.4 Å². The van der Waals surface area contributed by atoms with Crippen molar-refractivity contribution in [2.45, 2.75) is 51.2 Å². The molecule has 0 bridgehead atoms. The molecule has 0 radical (unpaired) electrons. The van der Waals surface area contributed by atoms with E-state index in [1.807, 2.05) is 40.7 Å². The SMILES string of the molecule is Cc1ccc(S(=O)(=O)N2CC(C(=O)NC(C)(C)C)Oc3cc(C)ccc32)cc1. The Morgan fingerprint density at radius 3 is 2.29 bits per heavy atom. The Morgan fingerprint density at radius 1 is 1.07 bits per heavy atom. The first-order valence-electron chi connectivity index (χ1n) is 9.16. The first kappa shape index (κ1) is 20.2. The van der Waals surface area contributed by atoms with Gasteiger partial charge in [-0.15, -0.1) is 0 Å². The molecule has 0 saturated carbocycles. The van der Waals surface area contributed by atoms with Crippen LogP contribution in [0, 0.1) is 13.8 Å². The fraction of sp³-hybridized carbons (Fsp3) is 0.381. The summed E-state index contributed by atoms with van der Waals surface area (Å²) in [6.45, 7) is 9.30. The van der Waals surface area contributed by atoms with E-state index in [9.17, 15) is 13.2 Å². The maximum atomic E-state index is 13.3. The molecule has 7 heteroatoms. The van der Waals surface area contributed by atoms with Crippen LogP contribution in [-0.2, 0) is 14.8 Å². The number of nitrogens with one attached hydrogen (secondary N) is 1. The van der Waals surface area contributed by atoms with E-state index >= 15 is 0 Å². The smallest absolute Gasteiger partial charge is 0.264 e. The lowest BCUT2D eigenvalue weighted by molar-refractivity contribution is -0.129. The van der Waals surface area contributed by atoms with Gasteiger partial charge in [0, 0.05) is 5.54 Å². The highest BCUT2D eigenvalue weighted by Crippen LogP contribution is 2.37. The van der Waals surface area contributed by atoms with Gasteiger partial charge >= 0.3 is 0 Å². The van der Waals surface area contributed by atoms with Crippen LogP contribution in [0.2, 0.25) is 0 Å². The van der Waals surface area contributed by atoms with Crippen molar-refractivity contribution >= 4 is 21.6 Å². The minimum Gasteiger partial charge on any atom is -0.476 e. The zero-order chi connectivity index (χ0) is 20.7. The molecule has 1 amide bonds. The quantitative estimate of drug-likeness (QED) is 0.856. The number of fused-ring (bicyclic) bond motifs is 1. The minimum absolute atomic E-state index is 0.0891. The monoisotopic (exact) mass is 402 g/mol. The highest BCUT2D eigenvalue weighted by molar-refractivity contribution is 7.92. The number of rotatable bonds is 3. The minimum atomic E-state index is -3.84. The maximum Gasteiger partial charge on any atom is 0.264 e. The van der Waals surface area contributed by atoms with Crippen LogP contribution in [0.4, 0.5) is 5.69 Å². The van der Waals surface area contributed by atoms with Gasteiger partial charge in [0.2, 0.25) is 0 Å². The summed E-state index contributed by atoms with van der Waals surface area (Å²) in [6, 6.07) is 12.0. The van der Waals surface area contributed by atoms with Crippen molar-refractivity contribution in [1.29, 1.82) is 0 Å². The number of carbonyl (C=O) groups is 1. The molecule has 1 aliphatic heterocycles. The number of hydrogen-bond donors (Lipinski definition) is 1. The fourth-order valence-corrected chi connectivity index (χ4v) is 4.49. The van der Waals surface area contributed by atoms with Crippen molar-refractivity contribution in [1.82, 2.24) is 5.32 Å². The normalized spacial score (nSPS) is 16.9. The van der Waals surface area contributed by atoms with Crippen LogP contribution in [0.3, 0.4) is 0 Å². The number of ether oxygens (including phenoxy) is 1. The molecule has 150 valence electrons. The van der Waals surface area contributed by atoms with E-state index in [4.69, 9.17) is 4.74 Å². The highest BCUT2D eigenvalue weighted by atomic mass is 32.2. The summed E-state index contributed by atoms with van der Waals surface area (Å²) >= 11 is 0. The molecular weight excluding hydrogens is 376 g/mol. The van der Waals surface area contributed by atoms with Gasteiger partial charge in [0.05, 0.1) is 17.1 Å². The molecule has 0 fully saturated rings. The molecule has 0 saturated heterocycles. The molecule has 1 aliphatic rings. The van der Waals surface area contributed by atoms with Crippen LogP contribution in [0.25, 0.3) is 0 Å². The second-order valence-electron chi connectivity index (χ2n) is 8.17. The lowest BCUT2D eigenvalue weighted by Crippen LogP contribution is -2.54. The Hall–Kier alpha value is -2.54. The van der Waals surface area contributed by atoms with Gasteiger partial charge in [0.25, 0.3) is 15.9 Å². The predicted octanol–water partition coefficient (Wildman–Crippen LogP) is 3.17. The van der Waals surface area contributed by atoms with E-state index in [0.717, 1.165) is 11.1 Å². The Bertz CT molecular complexity index is 992. The number of carbonyl (C=O) groups excluding carboxylic acids is 1. The van der Waals surface area contributed by atoms with Gasteiger partial charge in [-0.3, -0.25) is 9.10 Å². The van der Waals surface area contributed by atoms with E-state index in [1.165, 1.54) is 4.31 Å². The Morgan fingerprint density at radius 2 is 1.68 bits per heavy atom. The molecule has 0 aromatic heterocycles. The molecular formula is C21H26N2O4S. The molecule has 6 nitrogen and oxygen atoms in total. The van der Waals surface area contributed by atoms with Crippen molar-refractivity contribution in [3.05, 3.63) is 53.6 Å². The van der Waals surface area contributed by atoms with Gasteiger partial charge in [-0.05, 0) is 64.4 Å². The third-order valence-corrected chi connectivity index (χ3v) is 6.18. The molecule has 1 unspecified atom stereocenters. The number of nitrogens with zero attached hydrogens (tertiary/aromatic N) is 1. The Kier molecular flexibility index (Phi) is 5.14. The van der Waals surface area contributed by atoms with Gasteiger partial charge in [-0.2, -0.15) is 0 Å². The van der Waals surface area contributed by atoms with Gasteiger partial charge in [-0.25, -0.2) is 8.42 Å². The van der Waals surface area contributed by atoms with Crippen molar-refractivity contribution in [2.75, 3.05) is 10.8 Å². The van der Waals surface area contributed by atoms with Crippen LogP contribution in [0.1, 0.15) is 31.9 Å². The Balaban J connectivity index is 2.04. The summed E-state index contributed by atoms with van der Waals surface area (Å²) in [7, 11) is -3.84. The van der Waals surface area contributed by atoms with E-state index in [0.29, 0.717) is 11.4 Å². The zero-order valence-electron chi connectivity index (χ0n) is 16.8. The van der Waals surface area contributed by atoms with Crippen molar-refractivity contribution in [3.63, 3.8) is 0 Å². The number of sulfonamides is 1. The second kappa shape index (κ2) is 7.13.